The molecule has 2 rings (SSSR count). The van der Waals surface area contributed by atoms with E-state index in [0.717, 1.165) is 11.1 Å². The van der Waals surface area contributed by atoms with Crippen LogP contribution >= 0.6 is 0 Å². The molecule has 0 fully saturated rings. The number of ether oxygens (including phenoxy) is 1. The van der Waals surface area contributed by atoms with Crippen LogP contribution in [-0.2, 0) is 13.2 Å². The third-order valence-corrected chi connectivity index (χ3v) is 2.72. The number of aliphatic hydroxyl groups is 1. The summed E-state index contributed by atoms with van der Waals surface area (Å²) in [6, 6.07) is 14.7. The van der Waals surface area contributed by atoms with Crippen LogP contribution in [0.4, 0.5) is 0 Å². The number of nitrogen functional groups attached to an aromatic ring is 1. The fourth-order valence-corrected chi connectivity index (χ4v) is 1.73. The van der Waals surface area contributed by atoms with Gasteiger partial charge in [-0.3, -0.25) is 5.41 Å². The van der Waals surface area contributed by atoms with Crippen molar-refractivity contribution in [2.45, 2.75) is 13.2 Å². The second kappa shape index (κ2) is 6.02. The lowest BCUT2D eigenvalue weighted by Gasteiger charge is -2.08. The molecule has 0 atom stereocenters. The van der Waals surface area contributed by atoms with Gasteiger partial charge in [0.25, 0.3) is 0 Å². The molecule has 0 aromatic heterocycles. The quantitative estimate of drug-likeness (QED) is 0.565. The maximum Gasteiger partial charge on any atom is 0.122 e. The Kier molecular flexibility index (Phi) is 4.15. The van der Waals surface area contributed by atoms with Crippen molar-refractivity contribution in [2.75, 3.05) is 0 Å². The highest BCUT2D eigenvalue weighted by Gasteiger charge is 2.00. The number of benzene rings is 2. The third-order valence-electron chi connectivity index (χ3n) is 2.72. The summed E-state index contributed by atoms with van der Waals surface area (Å²) < 4.78 is 5.65. The molecule has 98 valence electrons. The van der Waals surface area contributed by atoms with Crippen LogP contribution in [0.5, 0.6) is 5.75 Å². The van der Waals surface area contributed by atoms with Gasteiger partial charge in [-0.2, -0.15) is 0 Å². The van der Waals surface area contributed by atoms with Crippen LogP contribution in [-0.4, -0.2) is 10.9 Å². The van der Waals surface area contributed by atoms with E-state index in [1.807, 2.05) is 36.4 Å². The van der Waals surface area contributed by atoms with Crippen molar-refractivity contribution in [3.63, 3.8) is 0 Å². The third kappa shape index (κ3) is 3.56. The highest BCUT2D eigenvalue weighted by molar-refractivity contribution is 5.95. The fourth-order valence-electron chi connectivity index (χ4n) is 1.73. The number of nitrogens with one attached hydrogen (secondary N) is 1. The summed E-state index contributed by atoms with van der Waals surface area (Å²) in [4.78, 5) is 0. The maximum absolute atomic E-state index is 9.05. The zero-order valence-electron chi connectivity index (χ0n) is 10.5. The molecule has 0 saturated carbocycles. The van der Waals surface area contributed by atoms with Crippen LogP contribution in [0.25, 0.3) is 0 Å². The van der Waals surface area contributed by atoms with Gasteiger partial charge in [-0.05, 0) is 29.3 Å². The van der Waals surface area contributed by atoms with Crippen LogP contribution in [0, 0.1) is 5.41 Å². The minimum Gasteiger partial charge on any atom is -0.489 e. The summed E-state index contributed by atoms with van der Waals surface area (Å²) in [6.07, 6.45) is 0. The minimum atomic E-state index is -0.00295. The monoisotopic (exact) mass is 256 g/mol. The molecule has 2 aromatic carbocycles. The standard InChI is InChI=1S/C15H16N2O2/c16-15(17)13-5-1-4-12(7-13)10-19-14-6-2-3-11(8-14)9-18/h1-8,18H,9-10H2,(H3,16,17). The largest absolute Gasteiger partial charge is 0.489 e. The number of amidine groups is 1. The van der Waals surface area contributed by atoms with Crippen molar-refractivity contribution in [1.29, 1.82) is 5.41 Å². The number of hydrogen-bond acceptors (Lipinski definition) is 3. The summed E-state index contributed by atoms with van der Waals surface area (Å²) in [5.41, 5.74) is 7.89. The normalized spacial score (nSPS) is 10.2. The smallest absolute Gasteiger partial charge is 0.122 e. The van der Waals surface area contributed by atoms with Crippen molar-refractivity contribution >= 4 is 5.84 Å². The van der Waals surface area contributed by atoms with Gasteiger partial charge in [-0.15, -0.1) is 0 Å². The van der Waals surface area contributed by atoms with E-state index in [-0.39, 0.29) is 12.4 Å². The lowest BCUT2D eigenvalue weighted by molar-refractivity contribution is 0.278. The molecular weight excluding hydrogens is 240 g/mol. The van der Waals surface area contributed by atoms with Crippen molar-refractivity contribution in [3.05, 3.63) is 65.2 Å². The lowest BCUT2D eigenvalue weighted by Crippen LogP contribution is -2.11. The van der Waals surface area contributed by atoms with Crippen molar-refractivity contribution < 1.29 is 9.84 Å². The fraction of sp³-hybridized carbons (Fsp3) is 0.133. The van der Waals surface area contributed by atoms with Gasteiger partial charge in [0.2, 0.25) is 0 Å². The Balaban J connectivity index is 2.05. The van der Waals surface area contributed by atoms with Crippen molar-refractivity contribution in [3.8, 4) is 5.75 Å². The first kappa shape index (κ1) is 13.1. The van der Waals surface area contributed by atoms with Crippen molar-refractivity contribution in [1.82, 2.24) is 0 Å². The molecule has 0 unspecified atom stereocenters. The van der Waals surface area contributed by atoms with Gasteiger partial charge in [0.05, 0.1) is 6.61 Å². The van der Waals surface area contributed by atoms with E-state index in [2.05, 4.69) is 0 Å². The Bertz CT molecular complexity index is 582. The molecule has 4 N–H and O–H groups in total. The minimum absolute atomic E-state index is 0.00295. The molecule has 0 aliphatic heterocycles. The average Bonchev–Trinajstić information content (AvgIpc) is 2.45. The van der Waals surface area contributed by atoms with Gasteiger partial charge < -0.3 is 15.6 Å². The molecule has 0 radical (unpaired) electrons. The van der Waals surface area contributed by atoms with Gasteiger partial charge in [0.15, 0.2) is 0 Å². The summed E-state index contributed by atoms with van der Waals surface area (Å²) in [7, 11) is 0. The van der Waals surface area contributed by atoms with Crippen LogP contribution in [0.15, 0.2) is 48.5 Å². The summed E-state index contributed by atoms with van der Waals surface area (Å²) >= 11 is 0. The van der Waals surface area contributed by atoms with E-state index >= 15 is 0 Å². The number of aliphatic hydroxyl groups excluding tert-OH is 1. The maximum atomic E-state index is 9.05. The molecule has 4 heteroatoms. The molecule has 0 saturated heterocycles. The zero-order valence-corrected chi connectivity index (χ0v) is 10.5. The summed E-state index contributed by atoms with van der Waals surface area (Å²) in [5.74, 6) is 0.754. The predicted molar refractivity (Wildman–Crippen MR) is 74.2 cm³/mol. The van der Waals surface area contributed by atoms with Gasteiger partial charge in [0, 0.05) is 5.56 Å². The number of hydrogen-bond donors (Lipinski definition) is 3. The lowest BCUT2D eigenvalue weighted by atomic mass is 10.1. The van der Waals surface area contributed by atoms with Crippen LogP contribution in [0.3, 0.4) is 0 Å². The van der Waals surface area contributed by atoms with E-state index in [0.29, 0.717) is 17.9 Å². The summed E-state index contributed by atoms with van der Waals surface area (Å²) in [5, 5.41) is 16.4. The molecule has 4 nitrogen and oxygen atoms in total. The Labute approximate surface area is 112 Å². The molecule has 0 aliphatic rings. The Hall–Kier alpha value is -2.33. The molecule has 0 heterocycles. The van der Waals surface area contributed by atoms with Crippen LogP contribution < -0.4 is 10.5 Å². The van der Waals surface area contributed by atoms with E-state index in [9.17, 15) is 0 Å². The number of rotatable bonds is 5. The first-order valence-corrected chi connectivity index (χ1v) is 5.95. The molecule has 2 aromatic rings. The SMILES string of the molecule is N=C(N)c1cccc(COc2cccc(CO)c2)c1. The van der Waals surface area contributed by atoms with E-state index in [1.165, 1.54) is 0 Å². The van der Waals surface area contributed by atoms with Gasteiger partial charge >= 0.3 is 0 Å². The Morgan fingerprint density at radius 1 is 1.11 bits per heavy atom. The Morgan fingerprint density at radius 3 is 2.58 bits per heavy atom. The van der Waals surface area contributed by atoms with E-state index in [4.69, 9.17) is 21.0 Å². The molecule has 19 heavy (non-hydrogen) atoms. The predicted octanol–water partition coefficient (Wildman–Crippen LogP) is 2.04. The van der Waals surface area contributed by atoms with Crippen LogP contribution in [0.2, 0.25) is 0 Å². The molecule has 0 amide bonds. The molecule has 0 aliphatic carbocycles. The van der Waals surface area contributed by atoms with Gasteiger partial charge in [-0.25, -0.2) is 0 Å². The molecule has 0 spiro atoms. The topological polar surface area (TPSA) is 79.3 Å². The summed E-state index contributed by atoms with van der Waals surface area (Å²) in [6.45, 7) is 0.396. The number of nitrogens with two attached hydrogens (primary N) is 1. The Morgan fingerprint density at radius 2 is 1.84 bits per heavy atom. The van der Waals surface area contributed by atoms with Gasteiger partial charge in [-0.1, -0.05) is 30.3 Å². The molecular formula is C15H16N2O2. The highest BCUT2D eigenvalue weighted by atomic mass is 16.5. The van der Waals surface area contributed by atoms with Crippen LogP contribution in [0.1, 0.15) is 16.7 Å². The molecule has 0 bridgehead atoms. The average molecular weight is 256 g/mol. The van der Waals surface area contributed by atoms with Gasteiger partial charge in [0.1, 0.15) is 18.2 Å². The second-order valence-corrected chi connectivity index (χ2v) is 4.21. The first-order valence-electron chi connectivity index (χ1n) is 5.95. The van der Waals surface area contributed by atoms with E-state index < -0.39 is 0 Å². The van der Waals surface area contributed by atoms with E-state index in [1.54, 1.807) is 12.1 Å². The first-order chi connectivity index (χ1) is 9.19. The van der Waals surface area contributed by atoms with Crippen molar-refractivity contribution in [2.24, 2.45) is 5.73 Å². The zero-order chi connectivity index (χ0) is 13.7. The second-order valence-electron chi connectivity index (χ2n) is 4.21. The highest BCUT2D eigenvalue weighted by Crippen LogP contribution is 2.15.